The molecule has 2 aromatic carbocycles. The van der Waals surface area contributed by atoms with Crippen LogP contribution in [0.4, 0.5) is 5.69 Å². The van der Waals surface area contributed by atoms with Gasteiger partial charge in [0, 0.05) is 23.0 Å². The quantitative estimate of drug-likeness (QED) is 0.544. The van der Waals surface area contributed by atoms with Gasteiger partial charge in [0.2, 0.25) is 0 Å². The summed E-state index contributed by atoms with van der Waals surface area (Å²) >= 11 is 0. The van der Waals surface area contributed by atoms with Crippen LogP contribution in [-0.4, -0.2) is 17.4 Å². The number of anilines is 1. The number of benzene rings is 2. The molecule has 0 atom stereocenters. The number of aryl methyl sites for hydroxylation is 2. The first kappa shape index (κ1) is 17.3. The lowest BCUT2D eigenvalue weighted by Gasteiger charge is -2.11. The minimum atomic E-state index is -3.73. The Morgan fingerprint density at radius 2 is 1.67 bits per heavy atom. The lowest BCUT2D eigenvalue weighted by atomic mass is 9.98. The molecule has 0 amide bonds. The van der Waals surface area contributed by atoms with Gasteiger partial charge in [0.25, 0.3) is 10.0 Å². The molecule has 0 aliphatic carbocycles. The van der Waals surface area contributed by atoms with Crippen LogP contribution in [0.1, 0.15) is 11.3 Å². The van der Waals surface area contributed by atoms with Crippen LogP contribution in [0, 0.1) is 13.8 Å². The van der Waals surface area contributed by atoms with Crippen molar-refractivity contribution in [2.75, 3.05) is 5.73 Å². The molecule has 27 heavy (non-hydrogen) atoms. The van der Waals surface area contributed by atoms with Gasteiger partial charge in [-0.1, -0.05) is 24.3 Å². The van der Waals surface area contributed by atoms with Gasteiger partial charge in [-0.2, -0.15) is 0 Å². The van der Waals surface area contributed by atoms with Crippen LogP contribution in [-0.2, 0) is 10.0 Å². The van der Waals surface area contributed by atoms with Crippen LogP contribution < -0.4 is 5.73 Å². The molecule has 2 aromatic heterocycles. The van der Waals surface area contributed by atoms with Gasteiger partial charge in [0.05, 0.1) is 4.90 Å². The fourth-order valence-electron chi connectivity index (χ4n) is 3.43. The molecule has 5 nitrogen and oxygen atoms in total. The molecule has 0 fully saturated rings. The van der Waals surface area contributed by atoms with Crippen LogP contribution in [0.3, 0.4) is 0 Å². The smallest absolute Gasteiger partial charge is 0.269 e. The highest BCUT2D eigenvalue weighted by Gasteiger charge is 2.23. The Labute approximate surface area is 158 Å². The van der Waals surface area contributed by atoms with E-state index in [0.717, 1.165) is 22.1 Å². The summed E-state index contributed by atoms with van der Waals surface area (Å²) in [5.41, 5.74) is 10.6. The molecule has 0 saturated heterocycles. The second kappa shape index (κ2) is 6.25. The molecule has 2 N–H and O–H groups in total. The fraction of sp³-hybridized carbons (Fsp3) is 0.0952. The predicted molar refractivity (Wildman–Crippen MR) is 108 cm³/mol. The number of aromatic nitrogens is 2. The molecule has 2 heterocycles. The number of rotatable bonds is 3. The topological polar surface area (TPSA) is 78.0 Å². The highest BCUT2D eigenvalue weighted by Crippen LogP contribution is 2.34. The molecule has 4 aromatic rings. The Kier molecular flexibility index (Phi) is 4.00. The van der Waals surface area contributed by atoms with Crippen molar-refractivity contribution in [3.05, 3.63) is 78.1 Å². The highest BCUT2D eigenvalue weighted by atomic mass is 32.2. The summed E-state index contributed by atoms with van der Waals surface area (Å²) in [7, 11) is -3.73. The van der Waals surface area contributed by atoms with Gasteiger partial charge < -0.3 is 5.73 Å². The van der Waals surface area contributed by atoms with Crippen molar-refractivity contribution in [3.63, 3.8) is 0 Å². The zero-order chi connectivity index (χ0) is 19.2. The average molecular weight is 377 g/mol. The Morgan fingerprint density at radius 1 is 0.926 bits per heavy atom. The number of nitrogen functional groups attached to an aromatic ring is 1. The van der Waals surface area contributed by atoms with Gasteiger partial charge in [0.15, 0.2) is 5.65 Å². The molecule has 6 heteroatoms. The van der Waals surface area contributed by atoms with E-state index in [-0.39, 0.29) is 4.90 Å². The third-order valence-electron chi connectivity index (χ3n) is 4.66. The predicted octanol–water partition coefficient (Wildman–Crippen LogP) is 4.14. The SMILES string of the molecule is Cc1cc(N)ccc1-c1ccnc2c1cc(C)n2S(=O)(=O)c1ccccc1. The second-order valence-electron chi connectivity index (χ2n) is 6.54. The molecule has 0 spiro atoms. The number of fused-ring (bicyclic) bond motifs is 1. The van der Waals surface area contributed by atoms with E-state index in [1.165, 1.54) is 3.97 Å². The van der Waals surface area contributed by atoms with Crippen LogP contribution >= 0.6 is 0 Å². The minimum absolute atomic E-state index is 0.237. The van der Waals surface area contributed by atoms with Crippen molar-refractivity contribution in [1.29, 1.82) is 0 Å². The summed E-state index contributed by atoms with van der Waals surface area (Å²) < 4.78 is 27.7. The van der Waals surface area contributed by atoms with E-state index in [0.29, 0.717) is 17.0 Å². The minimum Gasteiger partial charge on any atom is -0.399 e. The van der Waals surface area contributed by atoms with E-state index < -0.39 is 10.0 Å². The van der Waals surface area contributed by atoms with E-state index in [1.54, 1.807) is 43.5 Å². The molecule has 0 bridgehead atoms. The average Bonchev–Trinajstić information content (AvgIpc) is 2.99. The van der Waals surface area contributed by atoms with Crippen molar-refractivity contribution >= 4 is 26.7 Å². The largest absolute Gasteiger partial charge is 0.399 e. The monoisotopic (exact) mass is 377 g/mol. The first-order valence-electron chi connectivity index (χ1n) is 8.54. The Balaban J connectivity index is 2.00. The Morgan fingerprint density at radius 3 is 2.37 bits per heavy atom. The number of hydrogen-bond acceptors (Lipinski definition) is 4. The second-order valence-corrected chi connectivity index (χ2v) is 8.33. The molecule has 0 aliphatic rings. The van der Waals surface area contributed by atoms with Crippen LogP contribution in [0.2, 0.25) is 0 Å². The maximum Gasteiger partial charge on any atom is 0.269 e. The third kappa shape index (κ3) is 2.78. The van der Waals surface area contributed by atoms with Gasteiger partial charge in [-0.15, -0.1) is 0 Å². The van der Waals surface area contributed by atoms with E-state index in [1.807, 2.05) is 37.3 Å². The lowest BCUT2D eigenvalue weighted by Crippen LogP contribution is -2.14. The van der Waals surface area contributed by atoms with Crippen molar-refractivity contribution in [2.24, 2.45) is 0 Å². The molecule has 0 radical (unpaired) electrons. The molecule has 0 aliphatic heterocycles. The summed E-state index contributed by atoms with van der Waals surface area (Å²) in [5.74, 6) is 0. The van der Waals surface area contributed by atoms with E-state index >= 15 is 0 Å². The molecule has 4 rings (SSSR count). The van der Waals surface area contributed by atoms with Crippen LogP contribution in [0.5, 0.6) is 0 Å². The summed E-state index contributed by atoms with van der Waals surface area (Å²) in [4.78, 5) is 4.62. The zero-order valence-corrected chi connectivity index (χ0v) is 15.9. The number of nitrogens with two attached hydrogens (primary N) is 1. The standard InChI is InChI=1S/C21H19N3O2S/c1-14-12-16(22)8-9-18(14)19-10-11-23-21-20(19)13-15(2)24(21)27(25,26)17-6-4-3-5-7-17/h3-13H,22H2,1-2H3. The van der Waals surface area contributed by atoms with Gasteiger partial charge in [-0.25, -0.2) is 17.4 Å². The molecular weight excluding hydrogens is 358 g/mol. The lowest BCUT2D eigenvalue weighted by molar-refractivity contribution is 0.587. The van der Waals surface area contributed by atoms with E-state index in [4.69, 9.17) is 5.73 Å². The molecule has 0 unspecified atom stereocenters. The summed E-state index contributed by atoms with van der Waals surface area (Å²) in [5, 5.41) is 0.794. The molecule has 0 saturated carbocycles. The van der Waals surface area contributed by atoms with Crippen LogP contribution in [0.15, 0.2) is 71.8 Å². The molecular formula is C21H19N3O2S. The van der Waals surface area contributed by atoms with E-state index in [9.17, 15) is 8.42 Å². The summed E-state index contributed by atoms with van der Waals surface area (Å²) in [6.45, 7) is 3.77. The summed E-state index contributed by atoms with van der Waals surface area (Å²) in [6, 6.07) is 17.9. The normalized spacial score (nSPS) is 11.8. The van der Waals surface area contributed by atoms with Crippen LogP contribution in [0.25, 0.3) is 22.2 Å². The maximum absolute atomic E-state index is 13.2. The first-order chi connectivity index (χ1) is 12.9. The highest BCUT2D eigenvalue weighted by molar-refractivity contribution is 7.90. The first-order valence-corrected chi connectivity index (χ1v) is 9.98. The van der Waals surface area contributed by atoms with Crippen molar-refractivity contribution in [1.82, 2.24) is 8.96 Å². The van der Waals surface area contributed by atoms with Crippen molar-refractivity contribution in [3.8, 4) is 11.1 Å². The van der Waals surface area contributed by atoms with E-state index in [2.05, 4.69) is 4.98 Å². The van der Waals surface area contributed by atoms with Gasteiger partial charge >= 0.3 is 0 Å². The van der Waals surface area contributed by atoms with Crippen molar-refractivity contribution < 1.29 is 8.42 Å². The number of pyridine rings is 1. The van der Waals surface area contributed by atoms with Gasteiger partial charge in [-0.05, 0) is 66.9 Å². The zero-order valence-electron chi connectivity index (χ0n) is 15.0. The Bertz CT molecular complexity index is 1260. The summed E-state index contributed by atoms with van der Waals surface area (Å²) in [6.07, 6.45) is 1.64. The fourth-order valence-corrected chi connectivity index (χ4v) is 4.94. The van der Waals surface area contributed by atoms with Crippen molar-refractivity contribution in [2.45, 2.75) is 18.7 Å². The molecule has 136 valence electrons. The Hall–Kier alpha value is -3.12. The van der Waals surface area contributed by atoms with Gasteiger partial charge in [0.1, 0.15) is 0 Å². The van der Waals surface area contributed by atoms with Gasteiger partial charge in [-0.3, -0.25) is 0 Å². The number of nitrogens with zero attached hydrogens (tertiary/aromatic N) is 2. The third-order valence-corrected chi connectivity index (χ3v) is 6.47. The maximum atomic E-state index is 13.2. The number of hydrogen-bond donors (Lipinski definition) is 1.